The van der Waals surface area contributed by atoms with Crippen molar-refractivity contribution in [3.63, 3.8) is 0 Å². The average Bonchev–Trinajstić information content (AvgIpc) is 2.37. The Kier molecular flexibility index (Phi) is 5.54. The molecule has 2 aromatic carbocycles. The van der Waals surface area contributed by atoms with Crippen LogP contribution in [0.3, 0.4) is 0 Å². The molecule has 0 aliphatic heterocycles. The molecule has 3 heteroatoms. The maximum atomic E-state index is 13.5. The molecule has 0 spiro atoms. The van der Waals surface area contributed by atoms with Crippen molar-refractivity contribution in [3.05, 3.63) is 68.9 Å². The van der Waals surface area contributed by atoms with E-state index in [2.05, 4.69) is 60.2 Å². The van der Waals surface area contributed by atoms with Gasteiger partial charge in [0.15, 0.2) is 0 Å². The summed E-state index contributed by atoms with van der Waals surface area (Å²) in [5.74, 6) is -0.199. The van der Waals surface area contributed by atoms with Gasteiger partial charge in [-0.15, -0.1) is 0 Å². The Morgan fingerprint density at radius 3 is 2.52 bits per heavy atom. The normalized spacial score (nSPS) is 12.4. The highest BCUT2D eigenvalue weighted by molar-refractivity contribution is 9.10. The zero-order chi connectivity index (χ0) is 15.4. The molecule has 1 N–H and O–H groups in total. The molecule has 2 aromatic rings. The smallest absolute Gasteiger partial charge is 0.124 e. The van der Waals surface area contributed by atoms with Gasteiger partial charge in [-0.3, -0.25) is 0 Å². The van der Waals surface area contributed by atoms with Crippen LogP contribution >= 0.6 is 15.9 Å². The van der Waals surface area contributed by atoms with Crippen LogP contribution in [0.15, 0.2) is 40.9 Å². The Bertz CT molecular complexity index is 604. The second-order valence-electron chi connectivity index (χ2n) is 5.45. The first-order valence-electron chi connectivity index (χ1n) is 7.25. The molecule has 1 nitrogen and oxygen atoms in total. The molecule has 2 rings (SSSR count). The fraction of sp³-hybridized carbons (Fsp3) is 0.333. The topological polar surface area (TPSA) is 12.0 Å². The third-order valence-corrected chi connectivity index (χ3v) is 4.07. The van der Waals surface area contributed by atoms with Crippen LogP contribution in [-0.4, -0.2) is 6.54 Å². The monoisotopic (exact) mass is 349 g/mol. The van der Waals surface area contributed by atoms with Crippen LogP contribution in [0.25, 0.3) is 0 Å². The van der Waals surface area contributed by atoms with E-state index in [0.717, 1.165) is 23.0 Å². The minimum Gasteiger partial charge on any atom is -0.310 e. The predicted octanol–water partition coefficient (Wildman–Crippen LogP) is 5.10. The number of hydrogen-bond acceptors (Lipinski definition) is 1. The van der Waals surface area contributed by atoms with Gasteiger partial charge in [0, 0.05) is 10.5 Å². The standard InChI is InChI=1S/C18H21BrFN/c1-4-21-18(17-6-5-12(2)7-13(17)3)10-14-8-15(19)11-16(20)9-14/h5-9,11,18,21H,4,10H2,1-3H3. The highest BCUT2D eigenvalue weighted by Crippen LogP contribution is 2.24. The number of rotatable bonds is 5. The second-order valence-corrected chi connectivity index (χ2v) is 6.37. The van der Waals surface area contributed by atoms with E-state index in [-0.39, 0.29) is 11.9 Å². The third-order valence-electron chi connectivity index (χ3n) is 3.61. The van der Waals surface area contributed by atoms with E-state index in [1.807, 2.05) is 6.07 Å². The average molecular weight is 350 g/mol. The van der Waals surface area contributed by atoms with Crippen LogP contribution in [0.1, 0.15) is 35.2 Å². The van der Waals surface area contributed by atoms with Crippen molar-refractivity contribution < 1.29 is 4.39 Å². The molecular formula is C18H21BrFN. The summed E-state index contributed by atoms with van der Waals surface area (Å²) in [6.07, 6.45) is 0.772. The zero-order valence-corrected chi connectivity index (χ0v) is 14.3. The number of nitrogens with one attached hydrogen (secondary N) is 1. The van der Waals surface area contributed by atoms with Crippen LogP contribution in [0.2, 0.25) is 0 Å². The van der Waals surface area contributed by atoms with Crippen molar-refractivity contribution in [3.8, 4) is 0 Å². The van der Waals surface area contributed by atoms with Gasteiger partial charge < -0.3 is 5.32 Å². The molecule has 0 aromatic heterocycles. The molecular weight excluding hydrogens is 329 g/mol. The molecule has 21 heavy (non-hydrogen) atoms. The number of likely N-dealkylation sites (N-methyl/N-ethyl adjacent to an activating group) is 1. The minimum absolute atomic E-state index is 0.198. The summed E-state index contributed by atoms with van der Waals surface area (Å²) in [4.78, 5) is 0. The van der Waals surface area contributed by atoms with Crippen LogP contribution in [0.5, 0.6) is 0 Å². The number of hydrogen-bond donors (Lipinski definition) is 1. The first kappa shape index (κ1) is 16.2. The second kappa shape index (κ2) is 7.19. The van der Waals surface area contributed by atoms with Gasteiger partial charge in [-0.1, -0.05) is 46.6 Å². The molecule has 0 radical (unpaired) electrons. The van der Waals surface area contributed by atoms with E-state index >= 15 is 0 Å². The summed E-state index contributed by atoms with van der Waals surface area (Å²) in [6.45, 7) is 7.21. The Morgan fingerprint density at radius 2 is 1.90 bits per heavy atom. The van der Waals surface area contributed by atoms with Crippen molar-refractivity contribution in [1.29, 1.82) is 0 Å². The van der Waals surface area contributed by atoms with Crippen molar-refractivity contribution in [2.45, 2.75) is 33.2 Å². The summed E-state index contributed by atoms with van der Waals surface area (Å²) in [5, 5.41) is 3.51. The molecule has 0 saturated carbocycles. The van der Waals surface area contributed by atoms with Crippen LogP contribution in [-0.2, 0) is 6.42 Å². The highest BCUT2D eigenvalue weighted by atomic mass is 79.9. The molecule has 1 unspecified atom stereocenters. The lowest BCUT2D eigenvalue weighted by Crippen LogP contribution is -2.23. The summed E-state index contributed by atoms with van der Waals surface area (Å²) < 4.78 is 14.3. The summed E-state index contributed by atoms with van der Waals surface area (Å²) in [7, 11) is 0. The maximum Gasteiger partial charge on any atom is 0.124 e. The molecule has 1 atom stereocenters. The van der Waals surface area contributed by atoms with E-state index in [4.69, 9.17) is 0 Å². The van der Waals surface area contributed by atoms with Crippen molar-refractivity contribution >= 4 is 15.9 Å². The Balaban J connectivity index is 2.30. The van der Waals surface area contributed by atoms with E-state index in [1.54, 1.807) is 6.07 Å². The summed E-state index contributed by atoms with van der Waals surface area (Å²) >= 11 is 3.36. The van der Waals surface area contributed by atoms with Gasteiger partial charge in [0.05, 0.1) is 0 Å². The first-order chi connectivity index (χ1) is 9.99. The highest BCUT2D eigenvalue weighted by Gasteiger charge is 2.14. The van der Waals surface area contributed by atoms with Crippen LogP contribution < -0.4 is 5.32 Å². The lowest BCUT2D eigenvalue weighted by atomic mass is 9.94. The van der Waals surface area contributed by atoms with Crippen molar-refractivity contribution in [1.82, 2.24) is 5.32 Å². The third kappa shape index (κ3) is 4.39. The molecule has 0 bridgehead atoms. The first-order valence-corrected chi connectivity index (χ1v) is 8.04. The van der Waals surface area contributed by atoms with Gasteiger partial charge in [-0.25, -0.2) is 4.39 Å². The Labute approximate surface area is 134 Å². The lowest BCUT2D eigenvalue weighted by molar-refractivity contribution is 0.544. The molecule has 0 saturated heterocycles. The van der Waals surface area contributed by atoms with Crippen molar-refractivity contribution in [2.75, 3.05) is 6.54 Å². The van der Waals surface area contributed by atoms with E-state index < -0.39 is 0 Å². The SMILES string of the molecule is CCNC(Cc1cc(F)cc(Br)c1)c1ccc(C)cc1C. The number of benzene rings is 2. The molecule has 0 aliphatic rings. The number of halogens is 2. The van der Waals surface area contributed by atoms with Crippen molar-refractivity contribution in [2.24, 2.45) is 0 Å². The summed E-state index contributed by atoms with van der Waals surface area (Å²) in [5.41, 5.74) is 4.81. The van der Waals surface area contributed by atoms with Gasteiger partial charge in [0.1, 0.15) is 5.82 Å². The molecule has 0 amide bonds. The van der Waals surface area contributed by atoms with Gasteiger partial charge >= 0.3 is 0 Å². The molecule has 0 heterocycles. The van der Waals surface area contributed by atoms with Crippen LogP contribution in [0.4, 0.5) is 4.39 Å². The minimum atomic E-state index is -0.199. The van der Waals surface area contributed by atoms with Gasteiger partial charge in [-0.2, -0.15) is 0 Å². The predicted molar refractivity (Wildman–Crippen MR) is 90.1 cm³/mol. The van der Waals surface area contributed by atoms with Gasteiger partial charge in [0.2, 0.25) is 0 Å². The zero-order valence-electron chi connectivity index (χ0n) is 12.7. The summed E-state index contributed by atoms with van der Waals surface area (Å²) in [6, 6.07) is 11.8. The lowest BCUT2D eigenvalue weighted by Gasteiger charge is -2.21. The Morgan fingerprint density at radius 1 is 1.14 bits per heavy atom. The fourth-order valence-electron chi connectivity index (χ4n) is 2.72. The van der Waals surface area contributed by atoms with E-state index in [1.165, 1.54) is 22.8 Å². The van der Waals surface area contributed by atoms with Gasteiger partial charge in [-0.05, 0) is 61.7 Å². The fourth-order valence-corrected chi connectivity index (χ4v) is 3.23. The Hall–Kier alpha value is -1.19. The van der Waals surface area contributed by atoms with Gasteiger partial charge in [0.25, 0.3) is 0 Å². The molecule has 0 fully saturated rings. The number of aryl methyl sites for hydroxylation is 2. The van der Waals surface area contributed by atoms with E-state index in [9.17, 15) is 4.39 Å². The quantitative estimate of drug-likeness (QED) is 0.791. The van der Waals surface area contributed by atoms with E-state index in [0.29, 0.717) is 0 Å². The molecule has 112 valence electrons. The van der Waals surface area contributed by atoms with Crippen LogP contribution in [0, 0.1) is 19.7 Å². The maximum absolute atomic E-state index is 13.5. The largest absolute Gasteiger partial charge is 0.310 e. The molecule has 0 aliphatic carbocycles.